The van der Waals surface area contributed by atoms with Crippen LogP contribution in [-0.4, -0.2) is 26.5 Å². The van der Waals surface area contributed by atoms with E-state index in [-0.39, 0.29) is 0 Å². The van der Waals surface area contributed by atoms with Crippen LogP contribution in [0.1, 0.15) is 16.7 Å². The molecule has 0 unspecified atom stereocenters. The average molecular weight is 332 g/mol. The van der Waals surface area contributed by atoms with E-state index < -0.39 is 8.07 Å². The number of aromatic hydroxyl groups is 1. The Morgan fingerprint density at radius 2 is 1.57 bits per heavy atom. The molecule has 2 aromatic carbocycles. The summed E-state index contributed by atoms with van der Waals surface area (Å²) in [6, 6.07) is 12.5. The quantitative estimate of drug-likeness (QED) is 0.844. The molecular formula is C19H29NO2Si. The number of hydrogen-bond donors (Lipinski definition) is 2. The predicted octanol–water partition coefficient (Wildman–Crippen LogP) is 3.43. The van der Waals surface area contributed by atoms with Crippen LogP contribution in [0.25, 0.3) is 0 Å². The van der Waals surface area contributed by atoms with Crippen LogP contribution in [0, 0.1) is 20.8 Å². The summed E-state index contributed by atoms with van der Waals surface area (Å²) in [5.41, 5.74) is 7.30. The van der Waals surface area contributed by atoms with E-state index in [1.165, 1.54) is 12.2 Å². The Morgan fingerprint density at radius 3 is 2.13 bits per heavy atom. The van der Waals surface area contributed by atoms with Crippen molar-refractivity contribution in [2.45, 2.75) is 33.9 Å². The van der Waals surface area contributed by atoms with Crippen LogP contribution in [-0.2, 0) is 0 Å². The van der Waals surface area contributed by atoms with Crippen LogP contribution in [0.3, 0.4) is 0 Å². The first-order valence-electron chi connectivity index (χ1n) is 7.89. The highest BCUT2D eigenvalue weighted by Gasteiger charge is 2.25. The molecule has 2 aromatic rings. The third kappa shape index (κ3) is 4.59. The Hall–Kier alpha value is -1.78. The third-order valence-corrected chi connectivity index (χ3v) is 6.91. The summed E-state index contributed by atoms with van der Waals surface area (Å²) in [5, 5.41) is 11.4. The van der Waals surface area contributed by atoms with Crippen molar-refractivity contribution in [2.75, 3.05) is 13.3 Å². The van der Waals surface area contributed by atoms with Gasteiger partial charge in [0.2, 0.25) is 0 Å². The zero-order valence-corrected chi connectivity index (χ0v) is 16.1. The highest BCUT2D eigenvalue weighted by Crippen LogP contribution is 2.32. The monoisotopic (exact) mass is 331 g/mol. The molecule has 0 fully saturated rings. The molecule has 4 heteroatoms. The molecule has 126 valence electrons. The Kier molecular flexibility index (Phi) is 6.85. The fourth-order valence-electron chi connectivity index (χ4n) is 2.41. The second kappa shape index (κ2) is 8.18. The Morgan fingerprint density at radius 1 is 1.00 bits per heavy atom. The topological polar surface area (TPSA) is 55.5 Å². The molecule has 0 radical (unpaired) electrons. The van der Waals surface area contributed by atoms with Crippen molar-refractivity contribution < 1.29 is 9.84 Å². The lowest BCUT2D eigenvalue weighted by atomic mass is 10.0. The van der Waals surface area contributed by atoms with E-state index in [9.17, 15) is 5.11 Å². The molecule has 0 atom stereocenters. The smallest absolute Gasteiger partial charge is 0.124 e. The number of phenolic OH excluding ortho intramolecular Hbond substituents is 1. The predicted molar refractivity (Wildman–Crippen MR) is 101 cm³/mol. The molecule has 0 aliphatic carbocycles. The minimum absolute atomic E-state index is 0.374. The molecule has 0 aliphatic heterocycles. The molecule has 0 saturated heterocycles. The Balaban J connectivity index is 0.00000127. The van der Waals surface area contributed by atoms with E-state index in [2.05, 4.69) is 43.1 Å². The molecule has 0 aromatic heterocycles. The first-order chi connectivity index (χ1) is 10.8. The lowest BCUT2D eigenvalue weighted by Gasteiger charge is -2.24. The van der Waals surface area contributed by atoms with Gasteiger partial charge in [0.25, 0.3) is 0 Å². The first-order valence-corrected chi connectivity index (χ1v) is 11.1. The van der Waals surface area contributed by atoms with Gasteiger partial charge in [0.1, 0.15) is 19.6 Å². The van der Waals surface area contributed by atoms with Crippen LogP contribution >= 0.6 is 0 Å². The van der Waals surface area contributed by atoms with Crippen LogP contribution in [0.15, 0.2) is 36.4 Å². The maximum atomic E-state index is 9.97. The van der Waals surface area contributed by atoms with Gasteiger partial charge in [-0.05, 0) is 50.6 Å². The van der Waals surface area contributed by atoms with Crippen molar-refractivity contribution in [3.8, 4) is 11.5 Å². The van der Waals surface area contributed by atoms with Gasteiger partial charge in [-0.3, -0.25) is 0 Å². The lowest BCUT2D eigenvalue weighted by molar-refractivity contribution is 0.373. The van der Waals surface area contributed by atoms with E-state index in [1.807, 2.05) is 32.9 Å². The second-order valence-corrected chi connectivity index (χ2v) is 11.0. The summed E-state index contributed by atoms with van der Waals surface area (Å²) in [4.78, 5) is 0. The van der Waals surface area contributed by atoms with Crippen molar-refractivity contribution in [1.29, 1.82) is 0 Å². The molecule has 0 saturated carbocycles. The molecule has 0 bridgehead atoms. The number of phenols is 1. The maximum absolute atomic E-state index is 9.97. The molecule has 3 N–H and O–H groups in total. The summed E-state index contributed by atoms with van der Waals surface area (Å²) in [7, 11) is -0.118. The molecular weight excluding hydrogens is 302 g/mol. The van der Waals surface area contributed by atoms with Gasteiger partial charge in [0.05, 0.1) is 6.23 Å². The van der Waals surface area contributed by atoms with Crippen LogP contribution in [0.2, 0.25) is 13.1 Å². The largest absolute Gasteiger partial charge is 0.507 e. The van der Waals surface area contributed by atoms with E-state index in [4.69, 9.17) is 4.74 Å². The normalized spacial score (nSPS) is 10.7. The molecule has 3 nitrogen and oxygen atoms in total. The minimum atomic E-state index is -1.62. The van der Waals surface area contributed by atoms with Crippen LogP contribution < -0.4 is 15.7 Å². The van der Waals surface area contributed by atoms with Gasteiger partial charge in [-0.2, -0.15) is 0 Å². The van der Waals surface area contributed by atoms with E-state index >= 15 is 0 Å². The van der Waals surface area contributed by atoms with Crippen LogP contribution in [0.4, 0.5) is 0 Å². The highest BCUT2D eigenvalue weighted by molar-refractivity contribution is 6.89. The zero-order valence-electron chi connectivity index (χ0n) is 15.1. The Bertz CT molecular complexity index is 640. The highest BCUT2D eigenvalue weighted by atomic mass is 28.3. The summed E-state index contributed by atoms with van der Waals surface area (Å²) < 4.78 is 6.12. The van der Waals surface area contributed by atoms with Gasteiger partial charge in [-0.1, -0.05) is 48.6 Å². The van der Waals surface area contributed by atoms with Crippen molar-refractivity contribution in [3.05, 3.63) is 53.1 Å². The number of nitrogens with two attached hydrogens (primary N) is 1. The summed E-state index contributed by atoms with van der Waals surface area (Å²) in [6.07, 6.45) is 0.738. The van der Waals surface area contributed by atoms with Crippen molar-refractivity contribution in [1.82, 2.24) is 0 Å². The van der Waals surface area contributed by atoms with Gasteiger partial charge in [0.15, 0.2) is 0 Å². The molecule has 0 heterocycles. The average Bonchev–Trinajstić information content (AvgIpc) is 2.57. The molecule has 0 aliphatic rings. The van der Waals surface area contributed by atoms with Crippen molar-refractivity contribution in [3.63, 3.8) is 0 Å². The van der Waals surface area contributed by atoms with Gasteiger partial charge < -0.3 is 15.6 Å². The van der Waals surface area contributed by atoms with Gasteiger partial charge in [-0.25, -0.2) is 0 Å². The zero-order chi connectivity index (χ0) is 17.6. The van der Waals surface area contributed by atoms with Crippen molar-refractivity contribution >= 4 is 13.3 Å². The summed E-state index contributed by atoms with van der Waals surface area (Å²) in [6.45, 7) is 10.5. The first kappa shape index (κ1) is 19.3. The van der Waals surface area contributed by atoms with Crippen LogP contribution in [0.5, 0.6) is 11.5 Å². The summed E-state index contributed by atoms with van der Waals surface area (Å²) >= 11 is 0. The van der Waals surface area contributed by atoms with E-state index in [0.717, 1.165) is 28.7 Å². The van der Waals surface area contributed by atoms with Crippen molar-refractivity contribution in [2.24, 2.45) is 5.73 Å². The fraction of sp³-hybridized carbons (Fsp3) is 0.368. The minimum Gasteiger partial charge on any atom is -0.507 e. The van der Waals surface area contributed by atoms with Gasteiger partial charge in [0, 0.05) is 0 Å². The molecule has 23 heavy (non-hydrogen) atoms. The fourth-order valence-corrected chi connectivity index (χ4v) is 4.19. The standard InChI is InChI=1S/C18H24O2Si.CH5N/c1-13-11-17(14(2)15(3)18(13)19)20-12-21(4,5)16-9-7-6-8-10-16;1-2/h6-11,19H,12H2,1-5H3;2H2,1H3. The SMILES string of the molecule is CN.Cc1cc(OC[Si](C)(C)c2ccccc2)c(C)c(C)c1O. The summed E-state index contributed by atoms with van der Waals surface area (Å²) in [5.74, 6) is 1.26. The van der Waals surface area contributed by atoms with Gasteiger partial charge >= 0.3 is 0 Å². The number of ether oxygens (including phenoxy) is 1. The van der Waals surface area contributed by atoms with E-state index in [1.54, 1.807) is 0 Å². The lowest BCUT2D eigenvalue weighted by Crippen LogP contribution is -2.47. The molecule has 2 rings (SSSR count). The molecule has 0 amide bonds. The third-order valence-electron chi connectivity index (χ3n) is 4.15. The second-order valence-electron chi connectivity index (χ2n) is 6.33. The number of hydrogen-bond acceptors (Lipinski definition) is 3. The van der Waals surface area contributed by atoms with Gasteiger partial charge in [-0.15, -0.1) is 0 Å². The number of benzene rings is 2. The number of aryl methyl sites for hydroxylation is 1. The Labute approximate surface area is 141 Å². The molecule has 0 spiro atoms. The van der Waals surface area contributed by atoms with E-state index in [0.29, 0.717) is 5.75 Å². The number of rotatable bonds is 4. The maximum Gasteiger partial charge on any atom is 0.124 e.